The molecule has 0 saturated heterocycles. The van der Waals surface area contributed by atoms with Crippen LogP contribution in [0.25, 0.3) is 0 Å². The molecule has 0 aromatic rings. The van der Waals surface area contributed by atoms with E-state index in [1.807, 2.05) is 0 Å². The second kappa shape index (κ2) is 6.39. The van der Waals surface area contributed by atoms with Crippen molar-refractivity contribution in [3.05, 3.63) is 0 Å². The summed E-state index contributed by atoms with van der Waals surface area (Å²) in [4.78, 5) is 0. The molecule has 0 bridgehead atoms. The molecule has 1 aliphatic carbocycles. The van der Waals surface area contributed by atoms with E-state index in [0.717, 1.165) is 19.1 Å². The molecule has 1 unspecified atom stereocenters. The number of methoxy groups -OCH3 is 1. The lowest BCUT2D eigenvalue weighted by atomic mass is 9.99. The molecule has 1 saturated carbocycles. The van der Waals surface area contributed by atoms with Crippen molar-refractivity contribution < 1.29 is 4.74 Å². The molecule has 13 heavy (non-hydrogen) atoms. The minimum absolute atomic E-state index is 0.604. The SMILES string of the molecule is CCCNC(COC)C1CCCC1. The lowest BCUT2D eigenvalue weighted by Gasteiger charge is -2.23. The van der Waals surface area contributed by atoms with Crippen LogP contribution < -0.4 is 5.32 Å². The van der Waals surface area contributed by atoms with Crippen molar-refractivity contribution in [2.75, 3.05) is 20.3 Å². The van der Waals surface area contributed by atoms with E-state index >= 15 is 0 Å². The predicted molar refractivity (Wildman–Crippen MR) is 55.9 cm³/mol. The Bertz CT molecular complexity index is 121. The van der Waals surface area contributed by atoms with Gasteiger partial charge in [-0.2, -0.15) is 0 Å². The van der Waals surface area contributed by atoms with Gasteiger partial charge in [0.05, 0.1) is 6.61 Å². The first-order valence-corrected chi connectivity index (χ1v) is 5.60. The van der Waals surface area contributed by atoms with E-state index in [1.165, 1.54) is 32.1 Å². The Balaban J connectivity index is 2.26. The molecule has 1 N–H and O–H groups in total. The Labute approximate surface area is 82.0 Å². The molecule has 0 aliphatic heterocycles. The van der Waals surface area contributed by atoms with Gasteiger partial charge in [-0.15, -0.1) is 0 Å². The van der Waals surface area contributed by atoms with Gasteiger partial charge in [0, 0.05) is 13.2 Å². The van der Waals surface area contributed by atoms with Gasteiger partial charge in [-0.25, -0.2) is 0 Å². The summed E-state index contributed by atoms with van der Waals surface area (Å²) < 4.78 is 5.25. The number of rotatable bonds is 6. The van der Waals surface area contributed by atoms with Crippen molar-refractivity contribution in [3.63, 3.8) is 0 Å². The van der Waals surface area contributed by atoms with E-state index in [9.17, 15) is 0 Å². The van der Waals surface area contributed by atoms with Crippen molar-refractivity contribution in [1.29, 1.82) is 0 Å². The largest absolute Gasteiger partial charge is 0.383 e. The van der Waals surface area contributed by atoms with Crippen LogP contribution in [-0.2, 0) is 4.74 Å². The average molecular weight is 185 g/mol. The quantitative estimate of drug-likeness (QED) is 0.685. The minimum Gasteiger partial charge on any atom is -0.383 e. The van der Waals surface area contributed by atoms with Crippen LogP contribution >= 0.6 is 0 Å². The molecule has 1 atom stereocenters. The Morgan fingerprint density at radius 1 is 1.38 bits per heavy atom. The zero-order chi connectivity index (χ0) is 9.52. The molecule has 2 nitrogen and oxygen atoms in total. The Morgan fingerprint density at radius 3 is 2.62 bits per heavy atom. The number of ether oxygens (including phenoxy) is 1. The summed E-state index contributed by atoms with van der Waals surface area (Å²) in [6.07, 6.45) is 6.83. The van der Waals surface area contributed by atoms with Crippen LogP contribution in [0.3, 0.4) is 0 Å². The predicted octanol–water partition coefficient (Wildman–Crippen LogP) is 2.19. The summed E-state index contributed by atoms with van der Waals surface area (Å²) in [5.74, 6) is 0.867. The fourth-order valence-electron chi connectivity index (χ4n) is 2.23. The molecule has 2 heteroatoms. The topological polar surface area (TPSA) is 21.3 Å². The fourth-order valence-corrected chi connectivity index (χ4v) is 2.23. The second-order valence-corrected chi connectivity index (χ2v) is 4.06. The first-order chi connectivity index (χ1) is 6.38. The van der Waals surface area contributed by atoms with Gasteiger partial charge in [0.15, 0.2) is 0 Å². The lowest BCUT2D eigenvalue weighted by Crippen LogP contribution is -2.39. The molecule has 0 spiro atoms. The molecule has 78 valence electrons. The Morgan fingerprint density at radius 2 is 2.08 bits per heavy atom. The van der Waals surface area contributed by atoms with E-state index in [0.29, 0.717) is 6.04 Å². The molecule has 0 amide bonds. The molecule has 0 aromatic heterocycles. The first-order valence-electron chi connectivity index (χ1n) is 5.60. The van der Waals surface area contributed by atoms with E-state index in [4.69, 9.17) is 4.74 Å². The molecular weight excluding hydrogens is 162 g/mol. The van der Waals surface area contributed by atoms with E-state index in [2.05, 4.69) is 12.2 Å². The molecule has 1 rings (SSSR count). The summed E-state index contributed by atoms with van der Waals surface area (Å²) in [6.45, 7) is 4.22. The van der Waals surface area contributed by atoms with E-state index in [-0.39, 0.29) is 0 Å². The monoisotopic (exact) mass is 185 g/mol. The van der Waals surface area contributed by atoms with Gasteiger partial charge < -0.3 is 10.1 Å². The van der Waals surface area contributed by atoms with Crippen LogP contribution in [0.4, 0.5) is 0 Å². The highest BCUT2D eigenvalue weighted by molar-refractivity contribution is 4.80. The first kappa shape index (κ1) is 11.0. The maximum Gasteiger partial charge on any atom is 0.0618 e. The Kier molecular flexibility index (Phi) is 5.40. The number of hydrogen-bond donors (Lipinski definition) is 1. The van der Waals surface area contributed by atoms with E-state index in [1.54, 1.807) is 7.11 Å². The van der Waals surface area contributed by atoms with Crippen molar-refractivity contribution in [2.24, 2.45) is 5.92 Å². The van der Waals surface area contributed by atoms with Gasteiger partial charge in [0.2, 0.25) is 0 Å². The van der Waals surface area contributed by atoms with Crippen LogP contribution in [0.15, 0.2) is 0 Å². The molecule has 1 fully saturated rings. The highest BCUT2D eigenvalue weighted by Gasteiger charge is 2.23. The van der Waals surface area contributed by atoms with Crippen LogP contribution in [0.5, 0.6) is 0 Å². The van der Waals surface area contributed by atoms with Gasteiger partial charge in [0.1, 0.15) is 0 Å². The van der Waals surface area contributed by atoms with Crippen molar-refractivity contribution in [2.45, 2.75) is 45.1 Å². The number of hydrogen-bond acceptors (Lipinski definition) is 2. The van der Waals surface area contributed by atoms with Crippen LogP contribution in [-0.4, -0.2) is 26.3 Å². The standard InChI is InChI=1S/C11H23NO/c1-3-8-12-11(9-13-2)10-6-4-5-7-10/h10-12H,3-9H2,1-2H3. The fraction of sp³-hybridized carbons (Fsp3) is 1.00. The van der Waals surface area contributed by atoms with Crippen LogP contribution in [0.1, 0.15) is 39.0 Å². The third-order valence-electron chi connectivity index (χ3n) is 2.97. The van der Waals surface area contributed by atoms with Gasteiger partial charge >= 0.3 is 0 Å². The maximum atomic E-state index is 5.25. The van der Waals surface area contributed by atoms with Gasteiger partial charge in [-0.05, 0) is 31.7 Å². The smallest absolute Gasteiger partial charge is 0.0618 e. The summed E-state index contributed by atoms with van der Waals surface area (Å²) in [7, 11) is 1.80. The average Bonchev–Trinajstić information content (AvgIpc) is 2.65. The van der Waals surface area contributed by atoms with Crippen molar-refractivity contribution >= 4 is 0 Å². The number of nitrogens with one attached hydrogen (secondary N) is 1. The lowest BCUT2D eigenvalue weighted by molar-refractivity contribution is 0.140. The summed E-state index contributed by atoms with van der Waals surface area (Å²) >= 11 is 0. The molecule has 1 aliphatic rings. The summed E-state index contributed by atoms with van der Waals surface area (Å²) in [5, 5.41) is 3.59. The molecule has 0 aromatic carbocycles. The zero-order valence-electron chi connectivity index (χ0n) is 9.01. The normalized spacial score (nSPS) is 20.8. The molecular formula is C11H23NO. The summed E-state index contributed by atoms with van der Waals surface area (Å²) in [6, 6.07) is 0.604. The van der Waals surface area contributed by atoms with Crippen LogP contribution in [0, 0.1) is 5.92 Å². The van der Waals surface area contributed by atoms with Gasteiger partial charge in [0.25, 0.3) is 0 Å². The van der Waals surface area contributed by atoms with E-state index < -0.39 is 0 Å². The van der Waals surface area contributed by atoms with Gasteiger partial charge in [-0.3, -0.25) is 0 Å². The van der Waals surface area contributed by atoms with Crippen molar-refractivity contribution in [3.8, 4) is 0 Å². The second-order valence-electron chi connectivity index (χ2n) is 4.06. The third kappa shape index (κ3) is 3.65. The highest BCUT2D eigenvalue weighted by Crippen LogP contribution is 2.27. The minimum atomic E-state index is 0.604. The third-order valence-corrected chi connectivity index (χ3v) is 2.97. The van der Waals surface area contributed by atoms with Crippen molar-refractivity contribution in [1.82, 2.24) is 5.32 Å². The zero-order valence-corrected chi connectivity index (χ0v) is 9.01. The van der Waals surface area contributed by atoms with Crippen LogP contribution in [0.2, 0.25) is 0 Å². The van der Waals surface area contributed by atoms with Gasteiger partial charge in [-0.1, -0.05) is 19.8 Å². The Hall–Kier alpha value is -0.0800. The molecule has 0 heterocycles. The maximum absolute atomic E-state index is 5.25. The summed E-state index contributed by atoms with van der Waals surface area (Å²) in [5.41, 5.74) is 0. The molecule has 0 radical (unpaired) electrons. The highest BCUT2D eigenvalue weighted by atomic mass is 16.5.